The van der Waals surface area contributed by atoms with Gasteiger partial charge < -0.3 is 10.1 Å². The van der Waals surface area contributed by atoms with E-state index < -0.39 is 12.0 Å². The largest absolute Gasteiger partial charge is 0.462 e. The van der Waals surface area contributed by atoms with Crippen molar-refractivity contribution < 1.29 is 14.3 Å². The first-order chi connectivity index (χ1) is 11.1. The maximum Gasteiger partial charge on any atom is 0.338 e. The number of carbonyl (C=O) groups is 2. The van der Waals surface area contributed by atoms with Gasteiger partial charge in [-0.25, -0.2) is 9.59 Å². The molecule has 0 atom stereocenters. The van der Waals surface area contributed by atoms with Gasteiger partial charge in [0.2, 0.25) is 10.3 Å². The van der Waals surface area contributed by atoms with Crippen molar-refractivity contribution >= 4 is 46.1 Å². The van der Waals surface area contributed by atoms with Crippen LogP contribution in [0.25, 0.3) is 0 Å². The van der Waals surface area contributed by atoms with E-state index in [1.165, 1.54) is 11.8 Å². The lowest BCUT2D eigenvalue weighted by atomic mass is 10.2. The van der Waals surface area contributed by atoms with E-state index in [1.807, 2.05) is 6.92 Å². The van der Waals surface area contributed by atoms with E-state index in [0.29, 0.717) is 28.1 Å². The number of hydrogen-bond acceptors (Lipinski definition) is 7. The molecule has 23 heavy (non-hydrogen) atoms. The molecule has 1 aromatic heterocycles. The topological polar surface area (TPSA) is 93.2 Å². The Balaban J connectivity index is 1.90. The molecule has 0 saturated heterocycles. The minimum absolute atomic E-state index is 0.321. The van der Waals surface area contributed by atoms with Crippen LogP contribution in [0, 0.1) is 0 Å². The smallest absolute Gasteiger partial charge is 0.338 e. The molecule has 7 nitrogen and oxygen atoms in total. The highest BCUT2D eigenvalue weighted by molar-refractivity contribution is 7.99. The summed E-state index contributed by atoms with van der Waals surface area (Å²) in [7, 11) is 0. The molecule has 0 unspecified atom stereocenters. The number of ether oxygens (including phenoxy) is 1. The molecule has 0 fully saturated rings. The molecule has 1 aromatic carbocycles. The SMILES string of the molecule is CCOC(=O)c1ccc(NC(=O)Nc2nc(SCC)ns2)cc1. The third-order valence-electron chi connectivity index (χ3n) is 2.56. The third kappa shape index (κ3) is 5.22. The number of carbonyl (C=O) groups excluding carboxylic acids is 2. The second kappa shape index (κ2) is 8.49. The van der Waals surface area contributed by atoms with Crippen LogP contribution in [0.1, 0.15) is 24.2 Å². The molecular weight excluding hydrogens is 336 g/mol. The molecule has 0 radical (unpaired) electrons. The Morgan fingerprint density at radius 3 is 2.61 bits per heavy atom. The van der Waals surface area contributed by atoms with Gasteiger partial charge >= 0.3 is 12.0 Å². The van der Waals surface area contributed by atoms with Gasteiger partial charge in [-0.3, -0.25) is 5.32 Å². The Hall–Kier alpha value is -2.13. The first-order valence-corrected chi connectivity index (χ1v) is 8.70. The van der Waals surface area contributed by atoms with Crippen LogP contribution >= 0.6 is 23.3 Å². The second-order valence-corrected chi connectivity index (χ2v) is 6.18. The lowest BCUT2D eigenvalue weighted by Crippen LogP contribution is -2.19. The van der Waals surface area contributed by atoms with Crippen molar-refractivity contribution in [2.75, 3.05) is 23.0 Å². The minimum Gasteiger partial charge on any atom is -0.462 e. The van der Waals surface area contributed by atoms with Crippen molar-refractivity contribution in [3.8, 4) is 0 Å². The average molecular weight is 352 g/mol. The first-order valence-electron chi connectivity index (χ1n) is 6.94. The van der Waals surface area contributed by atoms with Crippen LogP contribution in [0.4, 0.5) is 15.6 Å². The number of aromatic nitrogens is 2. The summed E-state index contributed by atoms with van der Waals surface area (Å²) in [5.74, 6) is 0.480. The molecule has 0 saturated carbocycles. The summed E-state index contributed by atoms with van der Waals surface area (Å²) < 4.78 is 9.01. The van der Waals surface area contributed by atoms with E-state index in [-0.39, 0.29) is 0 Å². The number of benzene rings is 1. The van der Waals surface area contributed by atoms with Crippen LogP contribution in [-0.4, -0.2) is 33.7 Å². The molecule has 2 N–H and O–H groups in total. The van der Waals surface area contributed by atoms with Crippen LogP contribution in [0.3, 0.4) is 0 Å². The molecule has 1 heterocycles. The number of nitrogens with one attached hydrogen (secondary N) is 2. The van der Waals surface area contributed by atoms with Crippen molar-refractivity contribution in [2.24, 2.45) is 0 Å². The number of anilines is 2. The van der Waals surface area contributed by atoms with Crippen LogP contribution in [0.15, 0.2) is 29.4 Å². The van der Waals surface area contributed by atoms with E-state index in [1.54, 1.807) is 31.2 Å². The second-order valence-electron chi connectivity index (χ2n) is 4.19. The normalized spacial score (nSPS) is 10.2. The fraction of sp³-hybridized carbons (Fsp3) is 0.286. The van der Waals surface area contributed by atoms with E-state index in [2.05, 4.69) is 20.0 Å². The molecule has 122 valence electrons. The lowest BCUT2D eigenvalue weighted by Gasteiger charge is -2.06. The summed E-state index contributed by atoms with van der Waals surface area (Å²) >= 11 is 2.63. The van der Waals surface area contributed by atoms with Gasteiger partial charge in [-0.1, -0.05) is 18.7 Å². The molecule has 0 bridgehead atoms. The van der Waals surface area contributed by atoms with Gasteiger partial charge in [-0.05, 0) is 36.9 Å². The zero-order valence-corrected chi connectivity index (χ0v) is 14.3. The van der Waals surface area contributed by atoms with E-state index >= 15 is 0 Å². The lowest BCUT2D eigenvalue weighted by molar-refractivity contribution is 0.0526. The van der Waals surface area contributed by atoms with Gasteiger partial charge in [0.05, 0.1) is 12.2 Å². The molecule has 2 amide bonds. The molecule has 0 aliphatic rings. The molecular formula is C14H16N4O3S2. The van der Waals surface area contributed by atoms with Gasteiger partial charge in [-0.15, -0.1) is 0 Å². The van der Waals surface area contributed by atoms with E-state index in [4.69, 9.17) is 4.74 Å². The van der Waals surface area contributed by atoms with Gasteiger partial charge in [0.25, 0.3) is 0 Å². The zero-order chi connectivity index (χ0) is 16.7. The van der Waals surface area contributed by atoms with E-state index in [0.717, 1.165) is 17.3 Å². The van der Waals surface area contributed by atoms with Crippen LogP contribution in [0.5, 0.6) is 0 Å². The van der Waals surface area contributed by atoms with E-state index in [9.17, 15) is 9.59 Å². The highest BCUT2D eigenvalue weighted by Gasteiger charge is 2.09. The third-order valence-corrected chi connectivity index (χ3v) is 4.03. The number of amides is 2. The maximum atomic E-state index is 11.9. The average Bonchev–Trinajstić information content (AvgIpc) is 2.95. The fourth-order valence-electron chi connectivity index (χ4n) is 1.61. The Kier molecular flexibility index (Phi) is 6.36. The number of esters is 1. The first kappa shape index (κ1) is 17.2. The van der Waals surface area contributed by atoms with Crippen molar-refractivity contribution in [3.05, 3.63) is 29.8 Å². The highest BCUT2D eigenvalue weighted by atomic mass is 32.2. The predicted molar refractivity (Wildman–Crippen MR) is 91.3 cm³/mol. The molecule has 2 rings (SSSR count). The standard InChI is InChI=1S/C14H16N4O3S2/c1-3-21-11(19)9-5-7-10(8-6-9)15-12(20)16-13-17-14(18-23-13)22-4-2/h5-8H,3-4H2,1-2H3,(H2,15,16,17,18,20). The van der Waals surface area contributed by atoms with Crippen molar-refractivity contribution in [2.45, 2.75) is 19.0 Å². The van der Waals surface area contributed by atoms with Crippen molar-refractivity contribution in [1.29, 1.82) is 0 Å². The quantitative estimate of drug-likeness (QED) is 0.611. The minimum atomic E-state index is -0.418. The summed E-state index contributed by atoms with van der Waals surface area (Å²) in [5, 5.41) is 6.35. The van der Waals surface area contributed by atoms with Crippen LogP contribution < -0.4 is 10.6 Å². The molecule has 0 aliphatic heterocycles. The number of thioether (sulfide) groups is 1. The number of urea groups is 1. The van der Waals surface area contributed by atoms with Crippen molar-refractivity contribution in [1.82, 2.24) is 9.36 Å². The summed E-state index contributed by atoms with van der Waals surface area (Å²) in [6, 6.07) is 6.02. The number of rotatable bonds is 6. The van der Waals surface area contributed by atoms with Gasteiger partial charge in [0.15, 0.2) is 0 Å². The van der Waals surface area contributed by atoms with Crippen LogP contribution in [-0.2, 0) is 4.74 Å². The molecule has 2 aromatic rings. The number of hydrogen-bond donors (Lipinski definition) is 2. The highest BCUT2D eigenvalue weighted by Crippen LogP contribution is 2.19. The molecule has 9 heteroatoms. The monoisotopic (exact) mass is 352 g/mol. The summed E-state index contributed by atoms with van der Waals surface area (Å²) in [6.45, 7) is 4.07. The van der Waals surface area contributed by atoms with Gasteiger partial charge in [0.1, 0.15) is 0 Å². The summed E-state index contributed by atoms with van der Waals surface area (Å²) in [5.41, 5.74) is 0.992. The summed E-state index contributed by atoms with van der Waals surface area (Å²) in [4.78, 5) is 27.6. The molecule has 0 spiro atoms. The maximum absolute atomic E-state index is 11.9. The Morgan fingerprint density at radius 2 is 1.96 bits per heavy atom. The Bertz CT molecular complexity index is 673. The van der Waals surface area contributed by atoms with Crippen LogP contribution in [0.2, 0.25) is 0 Å². The van der Waals surface area contributed by atoms with Gasteiger partial charge in [0, 0.05) is 17.2 Å². The number of nitrogens with zero attached hydrogens (tertiary/aromatic N) is 2. The summed E-state index contributed by atoms with van der Waals surface area (Å²) in [6.07, 6.45) is 0. The van der Waals surface area contributed by atoms with Gasteiger partial charge in [-0.2, -0.15) is 9.36 Å². The fourth-order valence-corrected chi connectivity index (χ4v) is 2.88. The van der Waals surface area contributed by atoms with Crippen molar-refractivity contribution in [3.63, 3.8) is 0 Å². The zero-order valence-electron chi connectivity index (χ0n) is 12.7. The Morgan fingerprint density at radius 1 is 1.22 bits per heavy atom. The predicted octanol–water partition coefficient (Wildman–Crippen LogP) is 3.47. The molecule has 0 aliphatic carbocycles. The Labute approximate surface area is 142 Å².